The van der Waals surface area contributed by atoms with E-state index >= 15 is 0 Å². The van der Waals surface area contributed by atoms with E-state index in [1.54, 1.807) is 34.9 Å². The molecule has 0 aliphatic carbocycles. The van der Waals surface area contributed by atoms with Crippen molar-refractivity contribution in [3.05, 3.63) is 193 Å². The number of ether oxygens (including phenoxy) is 1. The first kappa shape index (κ1) is 26.4. The topological polar surface area (TPSA) is 33.1 Å². The van der Waals surface area contributed by atoms with Crippen LogP contribution in [0.25, 0.3) is 49.9 Å². The number of hydrogen-bond donors (Lipinski definition) is 0. The third-order valence-electron chi connectivity index (χ3n) is 10.1. The number of para-hydroxylation sites is 3. The molecule has 10 rings (SSSR count). The number of rotatable bonds is 7. The van der Waals surface area contributed by atoms with Gasteiger partial charge in [0.1, 0.15) is 11.5 Å². The van der Waals surface area contributed by atoms with Gasteiger partial charge in [0.25, 0.3) is 5.69 Å². The van der Waals surface area contributed by atoms with Crippen LogP contribution in [-0.2, 0) is 26.5 Å². The molecule has 5 nitrogen and oxygen atoms in total. The first-order valence-corrected chi connectivity index (χ1v) is 18.6. The van der Waals surface area contributed by atoms with Gasteiger partial charge in [-0.05, 0) is 69.3 Å². The summed E-state index contributed by atoms with van der Waals surface area (Å²) in [6, 6.07) is 37.0. The Kier molecular flexibility index (Phi) is 6.83. The first-order valence-electron chi connectivity index (χ1n) is 24.6. The average Bonchev–Trinajstić information content (AvgIpc) is 3.88. The van der Waals surface area contributed by atoms with Gasteiger partial charge in [0, 0.05) is 39.0 Å². The Morgan fingerprint density at radius 3 is 2.25 bits per heavy atom. The quantitative estimate of drug-likeness (QED) is 0.118. The van der Waals surface area contributed by atoms with E-state index in [9.17, 15) is 0 Å². The second-order valence-corrected chi connectivity index (χ2v) is 14.8. The molecule has 1 aliphatic heterocycles. The van der Waals surface area contributed by atoms with Crippen molar-refractivity contribution in [2.24, 2.45) is 0 Å². The van der Waals surface area contributed by atoms with Crippen LogP contribution in [0.3, 0.4) is 0 Å². The van der Waals surface area contributed by atoms with Gasteiger partial charge < -0.3 is 9.30 Å². The van der Waals surface area contributed by atoms with E-state index in [0.717, 1.165) is 39.3 Å². The van der Waals surface area contributed by atoms with E-state index < -0.39 is 49.1 Å². The summed E-state index contributed by atoms with van der Waals surface area (Å²) >= 11 is 0. The number of nitrogens with zero attached hydrogens (tertiary/aromatic N) is 4. The smallest absolute Gasteiger partial charge is 0.509 e. The van der Waals surface area contributed by atoms with Crippen LogP contribution in [0.4, 0.5) is 22.7 Å². The molecule has 0 saturated heterocycles. The standard InChI is InChI=1S/C53H40N4O.Pt/c1-36-16-13-27-48-51(36)56(52-43(37-17-7-5-8-18-37)24-15-25-44(52)38-19-9-6-10-20-38)35-55(48)40-21-14-22-41(33-40)58-42-28-29-46-45-23-11-12-26-47(45)57(49(46)34-42)50-32-39(30-31-54-50)53(2,3)4;/h5-32H,1-4H3;/q;+2/i1D3,5D,6D,7D,8D,9D,17D,18D,19D,20D;. The predicted octanol–water partition coefficient (Wildman–Crippen LogP) is 13.4. The van der Waals surface area contributed by atoms with Crippen molar-refractivity contribution in [2.45, 2.75) is 33.0 Å². The second-order valence-electron chi connectivity index (χ2n) is 14.8. The molecule has 0 spiro atoms. The zero-order chi connectivity index (χ0) is 49.7. The maximum atomic E-state index is 9.03. The molecule has 0 bridgehead atoms. The van der Waals surface area contributed by atoms with Gasteiger partial charge >= 0.3 is 32.8 Å². The Labute approximate surface area is 376 Å². The van der Waals surface area contributed by atoms with Crippen molar-refractivity contribution in [2.75, 3.05) is 0 Å². The molecule has 1 aliphatic rings. The molecule has 0 atom stereocenters. The zero-order valence-electron chi connectivity index (χ0n) is 44.0. The van der Waals surface area contributed by atoms with Crippen LogP contribution >= 0.6 is 0 Å². The van der Waals surface area contributed by atoms with Crippen LogP contribution in [0, 0.1) is 19.0 Å². The van der Waals surface area contributed by atoms with Crippen LogP contribution < -0.4 is 13.9 Å². The Balaban J connectivity index is 0.00000624. The third kappa shape index (κ3) is 6.83. The molecule has 2 aromatic heterocycles. The maximum absolute atomic E-state index is 9.03. The molecule has 9 aromatic rings. The Morgan fingerprint density at radius 2 is 1.44 bits per heavy atom. The summed E-state index contributed by atoms with van der Waals surface area (Å²) in [6.45, 7) is 3.72. The Morgan fingerprint density at radius 1 is 0.695 bits per heavy atom. The van der Waals surface area contributed by atoms with Crippen molar-refractivity contribution in [1.82, 2.24) is 18.7 Å². The monoisotopic (exact) mass is 955 g/mol. The van der Waals surface area contributed by atoms with Crippen molar-refractivity contribution >= 4 is 50.6 Å². The molecule has 0 fully saturated rings. The van der Waals surface area contributed by atoms with Crippen LogP contribution in [0.5, 0.6) is 11.5 Å². The van der Waals surface area contributed by atoms with Gasteiger partial charge in [0.15, 0.2) is 0 Å². The minimum absolute atomic E-state index is 0. The van der Waals surface area contributed by atoms with E-state index in [2.05, 4.69) is 55.6 Å². The van der Waals surface area contributed by atoms with Crippen molar-refractivity contribution in [1.29, 1.82) is 0 Å². The van der Waals surface area contributed by atoms with Gasteiger partial charge in [-0.3, -0.25) is 0 Å². The second kappa shape index (κ2) is 15.3. The molecule has 3 heterocycles. The zero-order valence-corrected chi connectivity index (χ0v) is 34.3. The predicted molar refractivity (Wildman–Crippen MR) is 238 cm³/mol. The van der Waals surface area contributed by atoms with Crippen molar-refractivity contribution in [3.63, 3.8) is 0 Å². The van der Waals surface area contributed by atoms with E-state index in [1.165, 1.54) is 28.8 Å². The number of hydrogen-bond acceptors (Lipinski definition) is 2. The molecule has 59 heavy (non-hydrogen) atoms. The molecular formula is C53H40N4OPt+2. The summed E-state index contributed by atoms with van der Waals surface area (Å²) in [5, 5.41) is 1.96. The van der Waals surface area contributed by atoms with Gasteiger partial charge in [-0.25, -0.2) is 4.98 Å². The summed E-state index contributed by atoms with van der Waals surface area (Å²) in [5.41, 5.74) is 3.07. The average molecular weight is 956 g/mol. The number of pyridine rings is 1. The first-order chi connectivity index (χ1) is 33.2. The minimum Gasteiger partial charge on any atom is -0.509 e. The van der Waals surface area contributed by atoms with E-state index in [1.807, 2.05) is 42.6 Å². The molecule has 0 N–H and O–H groups in total. The molecule has 286 valence electrons. The number of aryl methyl sites for hydroxylation is 1. The fourth-order valence-corrected chi connectivity index (χ4v) is 7.42. The van der Waals surface area contributed by atoms with Gasteiger partial charge in [-0.15, -0.1) is 23.6 Å². The normalized spacial score (nSPS) is 15.3. The van der Waals surface area contributed by atoms with Crippen LogP contribution in [0.15, 0.2) is 170 Å². The molecule has 7 aromatic carbocycles. The SMILES string of the molecule is [2H]c1cc([2H])c(-c2cccc(-c3c([2H])c([2H])c([2H])c([2H])c3[2H])c2[N+]2=C=[N+](c3[c-]c(Oc4[c-]c5c(cc4)c4ccccc4n5-c4cc(C(C)(C)C)ccn4)ccc3)c3cccc(C([2H])([2H])[2H])c32)c([2H])c1[2H].[Pt+2]. The number of aromatic nitrogens is 2. The van der Waals surface area contributed by atoms with Crippen LogP contribution in [0.2, 0.25) is 0 Å². The van der Waals surface area contributed by atoms with Gasteiger partial charge in [0.05, 0.1) is 23.5 Å². The maximum Gasteiger partial charge on any atom is 2.00 e. The van der Waals surface area contributed by atoms with Crippen LogP contribution in [0.1, 0.15) is 48.3 Å². The molecule has 0 unspecified atom stereocenters. The molecular weight excluding hydrogens is 904 g/mol. The minimum atomic E-state index is -2.73. The Bertz CT molecular complexity index is 3750. The molecule has 0 radical (unpaired) electrons. The third-order valence-corrected chi connectivity index (χ3v) is 10.1. The van der Waals surface area contributed by atoms with E-state index in [0.29, 0.717) is 17.1 Å². The largest absolute Gasteiger partial charge is 2.00 e. The van der Waals surface area contributed by atoms with E-state index in [-0.39, 0.29) is 83.5 Å². The fourth-order valence-electron chi connectivity index (χ4n) is 7.42. The van der Waals surface area contributed by atoms with E-state index in [4.69, 9.17) is 26.2 Å². The van der Waals surface area contributed by atoms with Gasteiger partial charge in [-0.2, -0.15) is 12.1 Å². The van der Waals surface area contributed by atoms with Gasteiger partial charge in [-0.1, -0.05) is 140 Å². The Hall–Kier alpha value is -6.64. The number of fused-ring (bicyclic) bond motifs is 4. The summed E-state index contributed by atoms with van der Waals surface area (Å²) in [7, 11) is 0. The summed E-state index contributed by atoms with van der Waals surface area (Å²) < 4.78 is 116. The van der Waals surface area contributed by atoms with Crippen LogP contribution in [-0.4, -0.2) is 15.6 Å². The molecule has 0 saturated carbocycles. The molecule has 6 heteroatoms. The summed E-state index contributed by atoms with van der Waals surface area (Å²) in [6.07, 6.45) is 1.81. The van der Waals surface area contributed by atoms with Crippen molar-refractivity contribution in [3.8, 4) is 39.6 Å². The summed E-state index contributed by atoms with van der Waals surface area (Å²) in [4.78, 5) is 4.78. The number of benzene rings is 7. The van der Waals surface area contributed by atoms with Crippen molar-refractivity contribution < 1.29 is 42.3 Å². The summed E-state index contributed by atoms with van der Waals surface area (Å²) in [5.74, 6) is 1.37. The molecule has 0 amide bonds. The van der Waals surface area contributed by atoms with Gasteiger partial charge in [0.2, 0.25) is 5.69 Å². The fraction of sp³-hybridized carbons (Fsp3) is 0.0943.